The number of aromatic nitrogens is 3. The summed E-state index contributed by atoms with van der Waals surface area (Å²) in [5.74, 6) is 5.11. The van der Waals surface area contributed by atoms with Gasteiger partial charge in [0.25, 0.3) is 5.56 Å². The van der Waals surface area contributed by atoms with Crippen LogP contribution in [-0.2, 0) is 29.7 Å². The molecule has 0 bridgehead atoms. The monoisotopic (exact) mass is 644 g/mol. The number of carbonyl (C=O) groups is 1. The summed E-state index contributed by atoms with van der Waals surface area (Å²) in [6, 6.07) is 15.3. The van der Waals surface area contributed by atoms with E-state index in [-0.39, 0.29) is 12.1 Å². The molecule has 46 heavy (non-hydrogen) atoms. The highest BCUT2D eigenvalue weighted by Gasteiger charge is 2.43. The van der Waals surface area contributed by atoms with Crippen LogP contribution in [0.3, 0.4) is 0 Å². The Morgan fingerprint density at radius 1 is 0.978 bits per heavy atom. The number of nitrogens with zero attached hydrogens (tertiary/aromatic N) is 6. The van der Waals surface area contributed by atoms with E-state index in [0.29, 0.717) is 42.6 Å². The third kappa shape index (κ3) is 6.95. The molecule has 2 aromatic carbocycles. The van der Waals surface area contributed by atoms with E-state index < -0.39 is 34.4 Å². The number of pyridine rings is 1. The molecule has 0 amide bonds. The van der Waals surface area contributed by atoms with Crippen LogP contribution in [0.15, 0.2) is 76.6 Å². The highest BCUT2D eigenvalue weighted by atomic mass is 32.2. The van der Waals surface area contributed by atoms with E-state index in [1.165, 1.54) is 9.13 Å². The zero-order valence-corrected chi connectivity index (χ0v) is 26.9. The van der Waals surface area contributed by atoms with Gasteiger partial charge in [-0.2, -0.15) is 0 Å². The van der Waals surface area contributed by atoms with Crippen LogP contribution in [0.1, 0.15) is 37.5 Å². The van der Waals surface area contributed by atoms with Crippen molar-refractivity contribution in [3.8, 4) is 11.8 Å². The van der Waals surface area contributed by atoms with Crippen molar-refractivity contribution in [2.75, 3.05) is 31.1 Å². The Bertz CT molecular complexity index is 1950. The topological polar surface area (TPSA) is 141 Å². The minimum atomic E-state index is -2.49. The molecule has 240 valence electrons. The van der Waals surface area contributed by atoms with Crippen LogP contribution < -0.4 is 16.1 Å². The number of fused-ring (bicyclic) bond motifs is 1. The van der Waals surface area contributed by atoms with E-state index in [2.05, 4.69) is 21.7 Å². The number of rotatable bonds is 7. The highest BCUT2D eigenvalue weighted by molar-refractivity contribution is 7.76. The van der Waals surface area contributed by atoms with E-state index in [1.807, 2.05) is 24.3 Å². The molecule has 2 aromatic heterocycles. The quantitative estimate of drug-likeness (QED) is 0.229. The predicted octanol–water partition coefficient (Wildman–Crippen LogP) is 2.52. The fourth-order valence-electron chi connectivity index (χ4n) is 5.60. The van der Waals surface area contributed by atoms with Crippen LogP contribution in [-0.4, -0.2) is 75.6 Å². The van der Waals surface area contributed by atoms with Gasteiger partial charge in [-0.05, 0) is 65.6 Å². The van der Waals surface area contributed by atoms with E-state index in [4.69, 9.17) is 0 Å². The normalized spacial score (nSPS) is 15.4. The molecule has 0 spiro atoms. The van der Waals surface area contributed by atoms with Crippen molar-refractivity contribution in [2.45, 2.75) is 33.4 Å². The third-order valence-electron chi connectivity index (χ3n) is 7.99. The average molecular weight is 645 g/mol. The molecule has 4 aromatic rings. The number of hydrogen-bond acceptors (Lipinski definition) is 7. The Hall–Kier alpha value is -4.61. The molecule has 0 saturated carbocycles. The fourth-order valence-corrected chi connectivity index (χ4v) is 6.55. The summed E-state index contributed by atoms with van der Waals surface area (Å²) in [5.41, 5.74) is 2.15. The van der Waals surface area contributed by atoms with Crippen LogP contribution in [0.5, 0.6) is 0 Å². The Labute approximate surface area is 268 Å². The summed E-state index contributed by atoms with van der Waals surface area (Å²) >= 11 is -2.49. The summed E-state index contributed by atoms with van der Waals surface area (Å²) in [4.78, 5) is 44.4. The lowest BCUT2D eigenvalue weighted by Gasteiger charge is -2.44. The molecule has 1 aliphatic rings. The summed E-state index contributed by atoms with van der Waals surface area (Å²) in [7, 11) is 1.64. The number of benzene rings is 2. The van der Waals surface area contributed by atoms with Gasteiger partial charge in [0.05, 0.1) is 17.4 Å². The van der Waals surface area contributed by atoms with Crippen molar-refractivity contribution in [3.05, 3.63) is 105 Å². The van der Waals surface area contributed by atoms with Gasteiger partial charge in [-0.3, -0.25) is 28.3 Å². The van der Waals surface area contributed by atoms with E-state index in [1.54, 1.807) is 75.6 Å². The maximum Gasteiger partial charge on any atom is 0.331 e. The van der Waals surface area contributed by atoms with Crippen LogP contribution in [0, 0.1) is 17.3 Å². The summed E-state index contributed by atoms with van der Waals surface area (Å²) in [6.07, 6.45) is 3.24. The Kier molecular flexibility index (Phi) is 9.55. The maximum atomic E-state index is 13.3. The first kappa shape index (κ1) is 32.8. The number of piperazine rings is 1. The molecule has 13 heteroatoms. The Balaban J connectivity index is 1.30. The second-order valence-electron chi connectivity index (χ2n) is 12.2. The molecular formula is C33H36N6O6S. The van der Waals surface area contributed by atoms with Gasteiger partial charge in [-0.15, -0.1) is 4.41 Å². The number of hydrogen-bond donors (Lipinski definition) is 2. The lowest BCUT2D eigenvalue weighted by atomic mass is 9.87. The lowest BCUT2D eigenvalue weighted by Crippen LogP contribution is -2.61. The molecule has 2 unspecified atom stereocenters. The van der Waals surface area contributed by atoms with E-state index in [0.717, 1.165) is 21.2 Å². The average Bonchev–Trinajstić information content (AvgIpc) is 3.03. The molecular weight excluding hydrogens is 608 g/mol. The minimum absolute atomic E-state index is 0.139. The predicted molar refractivity (Wildman–Crippen MR) is 176 cm³/mol. The van der Waals surface area contributed by atoms with Crippen molar-refractivity contribution in [3.63, 3.8) is 0 Å². The minimum Gasteiger partial charge on any atom is -0.480 e. The zero-order valence-electron chi connectivity index (χ0n) is 26.1. The van der Waals surface area contributed by atoms with Crippen molar-refractivity contribution < 1.29 is 18.7 Å². The van der Waals surface area contributed by atoms with Crippen molar-refractivity contribution in [2.24, 2.45) is 12.5 Å². The van der Waals surface area contributed by atoms with Gasteiger partial charge in [0.2, 0.25) is 11.3 Å². The largest absolute Gasteiger partial charge is 0.480 e. The molecule has 5 rings (SSSR count). The van der Waals surface area contributed by atoms with Gasteiger partial charge in [-0.25, -0.2) is 14.0 Å². The highest BCUT2D eigenvalue weighted by Crippen LogP contribution is 2.28. The van der Waals surface area contributed by atoms with Gasteiger partial charge in [0.1, 0.15) is 6.04 Å². The lowest BCUT2D eigenvalue weighted by molar-refractivity contribution is -0.152. The van der Waals surface area contributed by atoms with Crippen LogP contribution in [0.2, 0.25) is 0 Å². The number of carboxylic acids is 1. The standard InChI is InChI=1S/C33H36N6O6S/c1-33(2,3)29(31(41)42)39(46(44)45)37-19-17-36(18-20-37)26-10-7-23(8-11-26)5-6-24-9-12-28-27(21-24)30(40)38(32(43)35(28)4)22-25-13-15-34-16-14-25/h7-16,21,29H,17-20,22H2,1-4H3,(H,41,42)(H,44,45). The summed E-state index contributed by atoms with van der Waals surface area (Å²) < 4.78 is 25.9. The van der Waals surface area contributed by atoms with Crippen LogP contribution >= 0.6 is 0 Å². The van der Waals surface area contributed by atoms with Gasteiger partial charge in [0, 0.05) is 62.4 Å². The smallest absolute Gasteiger partial charge is 0.331 e. The molecule has 1 saturated heterocycles. The van der Waals surface area contributed by atoms with Gasteiger partial charge in [-0.1, -0.05) is 32.6 Å². The second kappa shape index (κ2) is 13.4. The van der Waals surface area contributed by atoms with Crippen molar-refractivity contribution in [1.29, 1.82) is 0 Å². The summed E-state index contributed by atoms with van der Waals surface area (Å²) in [6.45, 7) is 7.17. The third-order valence-corrected chi connectivity index (χ3v) is 8.76. The summed E-state index contributed by atoms with van der Waals surface area (Å²) in [5, 5.41) is 11.9. The van der Waals surface area contributed by atoms with Gasteiger partial charge in [0.15, 0.2) is 0 Å². The maximum absolute atomic E-state index is 13.3. The number of hydrazine groups is 1. The SMILES string of the molecule is Cn1c(=O)n(Cc2ccncc2)c(=O)c2cc(C#Cc3ccc(N4CCN(N(C(C(=O)O)C(C)(C)C)S(=O)O)CC4)cc3)ccc21. The molecule has 2 atom stereocenters. The number of aliphatic carboxylic acids is 1. The molecule has 1 aliphatic heterocycles. The Morgan fingerprint density at radius 3 is 2.17 bits per heavy atom. The van der Waals surface area contributed by atoms with Gasteiger partial charge >= 0.3 is 11.7 Å². The molecule has 3 heterocycles. The molecule has 2 N–H and O–H groups in total. The number of anilines is 1. The first-order valence-electron chi connectivity index (χ1n) is 14.7. The van der Waals surface area contributed by atoms with Gasteiger partial charge < -0.3 is 10.0 Å². The number of aryl methyl sites for hydroxylation is 1. The Morgan fingerprint density at radius 2 is 1.59 bits per heavy atom. The molecule has 0 aliphatic carbocycles. The first-order chi connectivity index (χ1) is 21.8. The van der Waals surface area contributed by atoms with Crippen LogP contribution in [0.4, 0.5) is 5.69 Å². The molecule has 12 nitrogen and oxygen atoms in total. The van der Waals surface area contributed by atoms with Crippen molar-refractivity contribution >= 4 is 33.8 Å². The van der Waals surface area contributed by atoms with Crippen LogP contribution in [0.25, 0.3) is 10.9 Å². The number of carboxylic acid groups (broad SMARTS) is 1. The van der Waals surface area contributed by atoms with E-state index >= 15 is 0 Å². The molecule has 0 radical (unpaired) electrons. The zero-order chi connectivity index (χ0) is 33.2. The first-order valence-corrected chi connectivity index (χ1v) is 15.8. The fraction of sp³-hybridized carbons (Fsp3) is 0.333. The van der Waals surface area contributed by atoms with E-state index in [9.17, 15) is 28.3 Å². The molecule has 1 fully saturated rings. The van der Waals surface area contributed by atoms with Crippen molar-refractivity contribution in [1.82, 2.24) is 23.5 Å². The second-order valence-corrected chi connectivity index (χ2v) is 13.0.